The summed E-state index contributed by atoms with van der Waals surface area (Å²) in [7, 11) is -0.823. The monoisotopic (exact) mass is 256 g/mol. The molecule has 0 aliphatic carbocycles. The Morgan fingerprint density at radius 3 is 3.00 bits per heavy atom. The van der Waals surface area contributed by atoms with E-state index in [-0.39, 0.29) is 5.91 Å². The van der Waals surface area contributed by atoms with E-state index in [0.717, 1.165) is 0 Å². The minimum Gasteiger partial charge on any atom is -0.351 e. The van der Waals surface area contributed by atoms with E-state index in [1.807, 2.05) is 0 Å². The number of pyridine rings is 1. The van der Waals surface area contributed by atoms with Crippen molar-refractivity contribution in [2.45, 2.75) is 6.42 Å². The molecule has 1 atom stereocenters. The maximum Gasteiger partial charge on any atom is 0.269 e. The Morgan fingerprint density at radius 1 is 1.59 bits per heavy atom. The van der Waals surface area contributed by atoms with E-state index < -0.39 is 10.8 Å². The van der Waals surface area contributed by atoms with E-state index in [9.17, 15) is 9.00 Å². The Balaban J connectivity index is 2.43. The minimum atomic E-state index is -0.823. The third kappa shape index (κ3) is 4.92. The summed E-state index contributed by atoms with van der Waals surface area (Å²) in [6, 6.07) is 3.23. The SMILES string of the molecule is CS(=O)CCCNC(=O)c1cc(NN)ccn1. The zero-order valence-corrected chi connectivity index (χ0v) is 10.4. The molecule has 0 aliphatic heterocycles. The fourth-order valence-corrected chi connectivity index (χ4v) is 1.76. The topological polar surface area (TPSA) is 97.1 Å². The molecule has 0 fully saturated rings. The number of nitrogens with zero attached hydrogens (tertiary/aromatic N) is 1. The molecule has 0 saturated carbocycles. The molecule has 1 aromatic rings. The number of carbonyl (C=O) groups is 1. The van der Waals surface area contributed by atoms with Crippen molar-refractivity contribution in [2.24, 2.45) is 5.84 Å². The number of nitrogen functional groups attached to an aromatic ring is 1. The van der Waals surface area contributed by atoms with Crippen molar-refractivity contribution in [3.05, 3.63) is 24.0 Å². The molecular formula is C10H16N4O2S. The number of hydrogen-bond donors (Lipinski definition) is 3. The Kier molecular flexibility index (Phi) is 5.58. The van der Waals surface area contributed by atoms with Crippen molar-refractivity contribution in [2.75, 3.05) is 24.0 Å². The molecule has 4 N–H and O–H groups in total. The van der Waals surface area contributed by atoms with Crippen molar-refractivity contribution >= 4 is 22.4 Å². The van der Waals surface area contributed by atoms with Crippen LogP contribution in [0.15, 0.2) is 18.3 Å². The Hall–Kier alpha value is -1.47. The van der Waals surface area contributed by atoms with Crippen LogP contribution >= 0.6 is 0 Å². The second-order valence-corrected chi connectivity index (χ2v) is 5.02. The number of anilines is 1. The van der Waals surface area contributed by atoms with Crippen LogP contribution in [0.25, 0.3) is 0 Å². The van der Waals surface area contributed by atoms with Crippen LogP contribution in [0.2, 0.25) is 0 Å². The van der Waals surface area contributed by atoms with Crippen LogP contribution < -0.4 is 16.6 Å². The van der Waals surface area contributed by atoms with Crippen molar-refractivity contribution in [1.29, 1.82) is 0 Å². The van der Waals surface area contributed by atoms with Gasteiger partial charge >= 0.3 is 0 Å². The number of nitrogens with one attached hydrogen (secondary N) is 2. The van der Waals surface area contributed by atoms with E-state index in [1.165, 1.54) is 6.20 Å². The van der Waals surface area contributed by atoms with Crippen molar-refractivity contribution in [3.8, 4) is 0 Å². The molecular weight excluding hydrogens is 240 g/mol. The van der Waals surface area contributed by atoms with Gasteiger partial charge in [0.15, 0.2) is 0 Å². The number of hydrogen-bond acceptors (Lipinski definition) is 5. The molecule has 17 heavy (non-hydrogen) atoms. The van der Waals surface area contributed by atoms with Crippen molar-refractivity contribution in [3.63, 3.8) is 0 Å². The van der Waals surface area contributed by atoms with Gasteiger partial charge < -0.3 is 10.7 Å². The van der Waals surface area contributed by atoms with Gasteiger partial charge in [0.05, 0.1) is 5.69 Å². The van der Waals surface area contributed by atoms with Gasteiger partial charge in [-0.05, 0) is 18.6 Å². The molecule has 0 radical (unpaired) electrons. The highest BCUT2D eigenvalue weighted by Gasteiger charge is 2.06. The van der Waals surface area contributed by atoms with Crippen LogP contribution in [-0.4, -0.2) is 33.7 Å². The maximum absolute atomic E-state index is 11.6. The fourth-order valence-electron chi connectivity index (χ4n) is 1.21. The lowest BCUT2D eigenvalue weighted by Gasteiger charge is -2.05. The molecule has 1 rings (SSSR count). The van der Waals surface area contributed by atoms with E-state index in [2.05, 4.69) is 15.7 Å². The molecule has 0 spiro atoms. The van der Waals surface area contributed by atoms with Gasteiger partial charge in [-0.3, -0.25) is 19.8 Å². The summed E-state index contributed by atoms with van der Waals surface area (Å²) in [6.07, 6.45) is 3.83. The fraction of sp³-hybridized carbons (Fsp3) is 0.400. The molecule has 0 saturated heterocycles. The lowest BCUT2D eigenvalue weighted by Crippen LogP contribution is -2.26. The molecule has 0 aliphatic rings. The number of aromatic nitrogens is 1. The summed E-state index contributed by atoms with van der Waals surface area (Å²) >= 11 is 0. The van der Waals surface area contributed by atoms with Gasteiger partial charge in [0.25, 0.3) is 5.91 Å². The molecule has 1 heterocycles. The first-order valence-corrected chi connectivity index (χ1v) is 6.87. The van der Waals surface area contributed by atoms with E-state index in [4.69, 9.17) is 5.84 Å². The number of hydrazine groups is 1. The molecule has 6 nitrogen and oxygen atoms in total. The minimum absolute atomic E-state index is 0.260. The standard InChI is InChI=1S/C10H16N4O2S/c1-17(16)6-2-4-13-10(15)9-7-8(14-11)3-5-12-9/h3,5,7H,2,4,6,11H2,1H3,(H,12,14)(H,13,15). The number of amides is 1. The summed E-state index contributed by atoms with van der Waals surface area (Å²) in [4.78, 5) is 15.6. The molecule has 0 bridgehead atoms. The Bertz CT molecular complexity index is 411. The predicted molar refractivity (Wildman–Crippen MR) is 67.9 cm³/mol. The van der Waals surface area contributed by atoms with E-state index >= 15 is 0 Å². The van der Waals surface area contributed by atoms with Gasteiger partial charge in [-0.25, -0.2) is 0 Å². The van der Waals surface area contributed by atoms with Crippen molar-refractivity contribution in [1.82, 2.24) is 10.3 Å². The lowest BCUT2D eigenvalue weighted by atomic mass is 10.3. The zero-order valence-electron chi connectivity index (χ0n) is 9.60. The molecule has 1 amide bonds. The highest BCUT2D eigenvalue weighted by molar-refractivity contribution is 7.84. The first-order chi connectivity index (χ1) is 8.13. The summed E-state index contributed by atoms with van der Waals surface area (Å²) in [5.74, 6) is 5.55. The highest BCUT2D eigenvalue weighted by Crippen LogP contribution is 2.05. The maximum atomic E-state index is 11.6. The molecule has 1 aromatic heterocycles. The zero-order chi connectivity index (χ0) is 12.7. The Morgan fingerprint density at radius 2 is 2.35 bits per heavy atom. The van der Waals surface area contributed by atoms with Crippen LogP contribution in [0.1, 0.15) is 16.9 Å². The van der Waals surface area contributed by atoms with Crippen LogP contribution in [0.4, 0.5) is 5.69 Å². The van der Waals surface area contributed by atoms with Gasteiger partial charge in [0, 0.05) is 35.5 Å². The first-order valence-electron chi connectivity index (χ1n) is 5.14. The summed E-state index contributed by atoms with van der Waals surface area (Å²) in [5, 5.41) is 2.70. The van der Waals surface area contributed by atoms with Crippen molar-refractivity contribution < 1.29 is 9.00 Å². The van der Waals surface area contributed by atoms with Crippen LogP contribution in [0.5, 0.6) is 0 Å². The lowest BCUT2D eigenvalue weighted by molar-refractivity contribution is 0.0949. The average molecular weight is 256 g/mol. The predicted octanol–water partition coefficient (Wildman–Crippen LogP) is -0.134. The van der Waals surface area contributed by atoms with Gasteiger partial charge in [-0.2, -0.15) is 0 Å². The van der Waals surface area contributed by atoms with E-state index in [1.54, 1.807) is 18.4 Å². The quantitative estimate of drug-likeness (QED) is 0.374. The smallest absolute Gasteiger partial charge is 0.269 e. The van der Waals surface area contributed by atoms with Gasteiger partial charge in [-0.15, -0.1) is 0 Å². The first kappa shape index (κ1) is 13.6. The molecule has 7 heteroatoms. The average Bonchev–Trinajstić information content (AvgIpc) is 2.34. The largest absolute Gasteiger partial charge is 0.351 e. The third-order valence-corrected chi connectivity index (χ3v) is 2.92. The third-order valence-electron chi connectivity index (χ3n) is 2.05. The molecule has 0 aromatic carbocycles. The van der Waals surface area contributed by atoms with Crippen LogP contribution in [-0.2, 0) is 10.8 Å². The number of carbonyl (C=O) groups excluding carboxylic acids is 1. The summed E-state index contributed by atoms with van der Waals surface area (Å²) in [6.45, 7) is 0.486. The van der Waals surface area contributed by atoms with Gasteiger partial charge in [-0.1, -0.05) is 0 Å². The summed E-state index contributed by atoms with van der Waals surface area (Å²) in [5.41, 5.74) is 3.37. The van der Waals surface area contributed by atoms with Gasteiger partial charge in [0.2, 0.25) is 0 Å². The summed E-state index contributed by atoms with van der Waals surface area (Å²) < 4.78 is 10.8. The second kappa shape index (κ2) is 6.97. The number of rotatable bonds is 6. The highest BCUT2D eigenvalue weighted by atomic mass is 32.2. The second-order valence-electron chi connectivity index (χ2n) is 3.46. The van der Waals surface area contributed by atoms with Crippen LogP contribution in [0.3, 0.4) is 0 Å². The van der Waals surface area contributed by atoms with E-state index in [0.29, 0.717) is 30.1 Å². The van der Waals surface area contributed by atoms with Gasteiger partial charge in [0.1, 0.15) is 5.69 Å². The van der Waals surface area contributed by atoms with Crippen LogP contribution in [0, 0.1) is 0 Å². The Labute approximate surface area is 102 Å². The normalized spacial score (nSPS) is 11.9. The number of nitrogens with two attached hydrogens (primary N) is 1. The molecule has 94 valence electrons. The molecule has 1 unspecified atom stereocenters.